The van der Waals surface area contributed by atoms with Crippen LogP contribution >= 0.6 is 0 Å². The van der Waals surface area contributed by atoms with E-state index in [4.69, 9.17) is 15.6 Å². The van der Waals surface area contributed by atoms with E-state index in [0.717, 1.165) is 19.3 Å². The summed E-state index contributed by atoms with van der Waals surface area (Å²) in [6, 6.07) is -0.610. The molecule has 4 atom stereocenters. The maximum atomic E-state index is 12.3. The number of hydrogen-bond donors (Lipinski definition) is 2. The second-order valence-electron chi connectivity index (χ2n) is 5.47. The Bertz CT molecular complexity index is 361. The molecule has 0 aromatic rings. The number of amides is 1. The average molecular weight is 270 g/mol. The Kier molecular flexibility index (Phi) is 4.42. The van der Waals surface area contributed by atoms with Crippen molar-refractivity contribution in [3.63, 3.8) is 0 Å². The molecule has 19 heavy (non-hydrogen) atoms. The Balaban J connectivity index is 1.94. The molecule has 2 aliphatic rings. The minimum absolute atomic E-state index is 0.0760. The largest absolute Gasteiger partial charge is 0.481 e. The predicted molar refractivity (Wildman–Crippen MR) is 68.5 cm³/mol. The second-order valence-corrected chi connectivity index (χ2v) is 5.47. The Morgan fingerprint density at radius 3 is 2.79 bits per heavy atom. The number of carboxylic acid groups (broad SMARTS) is 1. The van der Waals surface area contributed by atoms with Crippen LogP contribution in [0.5, 0.6) is 0 Å². The van der Waals surface area contributed by atoms with E-state index in [1.165, 1.54) is 0 Å². The van der Waals surface area contributed by atoms with Crippen molar-refractivity contribution >= 4 is 11.9 Å². The molecule has 108 valence electrons. The van der Waals surface area contributed by atoms with Crippen LogP contribution in [-0.2, 0) is 14.3 Å². The van der Waals surface area contributed by atoms with Crippen molar-refractivity contribution in [2.75, 3.05) is 13.7 Å². The smallest absolute Gasteiger partial charge is 0.308 e. The standard InChI is InChI=1S/C13H22N2O4/c1-19-6-2-3-10(14)12(16)15-8-4-5-11(15)9(7-8)13(17)18/h8-11H,2-7,14H2,1H3,(H,17,18). The third kappa shape index (κ3) is 2.74. The predicted octanol–water partition coefficient (Wildman–Crippen LogP) is 0.204. The highest BCUT2D eigenvalue weighted by atomic mass is 16.5. The summed E-state index contributed by atoms with van der Waals surface area (Å²) in [7, 11) is 1.62. The lowest BCUT2D eigenvalue weighted by Crippen LogP contribution is -2.47. The topological polar surface area (TPSA) is 92.9 Å². The normalized spacial score (nSPS) is 30.6. The van der Waals surface area contributed by atoms with E-state index in [0.29, 0.717) is 19.4 Å². The molecule has 0 saturated carbocycles. The van der Waals surface area contributed by atoms with Gasteiger partial charge in [-0.2, -0.15) is 0 Å². The fourth-order valence-electron chi connectivity index (χ4n) is 3.36. The fourth-order valence-corrected chi connectivity index (χ4v) is 3.36. The minimum Gasteiger partial charge on any atom is -0.481 e. The van der Waals surface area contributed by atoms with E-state index < -0.39 is 17.9 Å². The van der Waals surface area contributed by atoms with Crippen molar-refractivity contribution in [3.05, 3.63) is 0 Å². The molecule has 0 aromatic carbocycles. The molecule has 2 rings (SSSR count). The van der Waals surface area contributed by atoms with Gasteiger partial charge in [0.1, 0.15) is 0 Å². The molecule has 2 bridgehead atoms. The van der Waals surface area contributed by atoms with E-state index in [2.05, 4.69) is 0 Å². The van der Waals surface area contributed by atoms with E-state index in [1.807, 2.05) is 0 Å². The minimum atomic E-state index is -0.794. The van der Waals surface area contributed by atoms with Gasteiger partial charge in [-0.1, -0.05) is 0 Å². The average Bonchev–Trinajstić information content (AvgIpc) is 2.95. The lowest BCUT2D eigenvalue weighted by molar-refractivity contribution is -0.143. The van der Waals surface area contributed by atoms with Gasteiger partial charge in [0.15, 0.2) is 0 Å². The number of methoxy groups -OCH3 is 1. The number of nitrogens with two attached hydrogens (primary N) is 1. The summed E-state index contributed by atoms with van der Waals surface area (Å²) in [6.07, 6.45) is 3.61. The van der Waals surface area contributed by atoms with Crippen LogP contribution in [0.25, 0.3) is 0 Å². The summed E-state index contributed by atoms with van der Waals surface area (Å²) in [5.41, 5.74) is 5.92. The van der Waals surface area contributed by atoms with Crippen LogP contribution < -0.4 is 5.73 Å². The first kappa shape index (κ1) is 14.3. The molecule has 0 aliphatic carbocycles. The van der Waals surface area contributed by atoms with Gasteiger partial charge < -0.3 is 20.5 Å². The lowest BCUT2D eigenvalue weighted by Gasteiger charge is -2.26. The van der Waals surface area contributed by atoms with Gasteiger partial charge in [0.25, 0.3) is 0 Å². The van der Waals surface area contributed by atoms with Crippen LogP contribution in [0.1, 0.15) is 32.1 Å². The Hall–Kier alpha value is -1.14. The summed E-state index contributed by atoms with van der Waals surface area (Å²) < 4.78 is 4.94. The van der Waals surface area contributed by atoms with E-state index in [9.17, 15) is 9.59 Å². The van der Waals surface area contributed by atoms with Crippen LogP contribution in [0.4, 0.5) is 0 Å². The lowest BCUT2D eigenvalue weighted by atomic mass is 9.89. The number of nitrogens with zero attached hydrogens (tertiary/aromatic N) is 1. The number of carbonyl (C=O) groups is 2. The van der Waals surface area contributed by atoms with Crippen LogP contribution in [0.3, 0.4) is 0 Å². The van der Waals surface area contributed by atoms with Gasteiger partial charge >= 0.3 is 5.97 Å². The van der Waals surface area contributed by atoms with Gasteiger partial charge in [-0.3, -0.25) is 9.59 Å². The summed E-state index contributed by atoms with van der Waals surface area (Å²) >= 11 is 0. The van der Waals surface area contributed by atoms with E-state index in [1.54, 1.807) is 12.0 Å². The molecule has 3 N–H and O–H groups in total. The van der Waals surface area contributed by atoms with Crippen molar-refractivity contribution in [2.45, 2.75) is 50.2 Å². The SMILES string of the molecule is COCCCC(N)C(=O)N1C2CCC1C(C(=O)O)C2. The first-order chi connectivity index (χ1) is 9.06. The van der Waals surface area contributed by atoms with Gasteiger partial charge in [0.05, 0.1) is 12.0 Å². The molecular formula is C13H22N2O4. The third-order valence-corrected chi connectivity index (χ3v) is 4.29. The van der Waals surface area contributed by atoms with Gasteiger partial charge in [0, 0.05) is 25.8 Å². The zero-order valence-electron chi connectivity index (χ0n) is 11.2. The van der Waals surface area contributed by atoms with Crippen molar-refractivity contribution in [1.29, 1.82) is 0 Å². The summed E-state index contributed by atoms with van der Waals surface area (Å²) in [5.74, 6) is -1.29. The fraction of sp³-hybridized carbons (Fsp3) is 0.846. The van der Waals surface area contributed by atoms with Crippen molar-refractivity contribution in [1.82, 2.24) is 4.90 Å². The third-order valence-electron chi connectivity index (χ3n) is 4.29. The highest BCUT2D eigenvalue weighted by molar-refractivity contribution is 5.84. The molecule has 2 saturated heterocycles. The number of aliphatic carboxylic acids is 1. The van der Waals surface area contributed by atoms with Crippen LogP contribution in [-0.4, -0.2) is 53.7 Å². The molecule has 2 heterocycles. The van der Waals surface area contributed by atoms with Crippen LogP contribution in [0.2, 0.25) is 0 Å². The first-order valence-corrected chi connectivity index (χ1v) is 6.85. The molecule has 0 spiro atoms. The number of carboxylic acids is 1. The second kappa shape index (κ2) is 5.88. The van der Waals surface area contributed by atoms with Crippen molar-refractivity contribution in [2.24, 2.45) is 11.7 Å². The summed E-state index contributed by atoms with van der Waals surface area (Å²) in [4.78, 5) is 25.2. The Morgan fingerprint density at radius 2 is 2.21 bits per heavy atom. The number of carbonyl (C=O) groups excluding carboxylic acids is 1. The molecule has 2 fully saturated rings. The van der Waals surface area contributed by atoms with Crippen molar-refractivity contribution in [3.8, 4) is 0 Å². The van der Waals surface area contributed by atoms with Crippen LogP contribution in [0.15, 0.2) is 0 Å². The monoisotopic (exact) mass is 270 g/mol. The Labute approximate surface area is 112 Å². The number of rotatable bonds is 6. The molecule has 0 aromatic heterocycles. The number of ether oxygens (including phenoxy) is 1. The maximum Gasteiger partial charge on any atom is 0.308 e. The van der Waals surface area contributed by atoms with E-state index in [-0.39, 0.29) is 18.0 Å². The van der Waals surface area contributed by atoms with Gasteiger partial charge in [0.2, 0.25) is 5.91 Å². The van der Waals surface area contributed by atoms with Gasteiger partial charge in [-0.05, 0) is 32.1 Å². The van der Waals surface area contributed by atoms with E-state index >= 15 is 0 Å². The summed E-state index contributed by atoms with van der Waals surface area (Å²) in [5, 5.41) is 9.16. The maximum absolute atomic E-state index is 12.3. The summed E-state index contributed by atoms with van der Waals surface area (Å²) in [6.45, 7) is 0.589. The molecule has 4 unspecified atom stereocenters. The molecule has 1 amide bonds. The number of fused-ring (bicyclic) bond motifs is 2. The number of hydrogen-bond acceptors (Lipinski definition) is 4. The molecule has 6 heteroatoms. The Morgan fingerprint density at radius 1 is 1.47 bits per heavy atom. The van der Waals surface area contributed by atoms with Crippen LogP contribution in [0, 0.1) is 5.92 Å². The zero-order valence-corrected chi connectivity index (χ0v) is 11.2. The quantitative estimate of drug-likeness (QED) is 0.673. The first-order valence-electron chi connectivity index (χ1n) is 6.85. The van der Waals surface area contributed by atoms with Crippen molar-refractivity contribution < 1.29 is 19.4 Å². The highest BCUT2D eigenvalue weighted by Gasteiger charge is 2.51. The highest BCUT2D eigenvalue weighted by Crippen LogP contribution is 2.42. The zero-order chi connectivity index (χ0) is 14.0. The molecular weight excluding hydrogens is 248 g/mol. The molecule has 2 aliphatic heterocycles. The van der Waals surface area contributed by atoms with Gasteiger partial charge in [-0.25, -0.2) is 0 Å². The van der Waals surface area contributed by atoms with Gasteiger partial charge in [-0.15, -0.1) is 0 Å². The molecule has 0 radical (unpaired) electrons. The molecule has 6 nitrogen and oxygen atoms in total.